The lowest BCUT2D eigenvalue weighted by Crippen LogP contribution is -2.40. The first-order valence-electron chi connectivity index (χ1n) is 7.82. The Hall–Kier alpha value is -1.36. The topological polar surface area (TPSA) is 93.9 Å². The zero-order valence-corrected chi connectivity index (χ0v) is 17.2. The molecule has 1 unspecified atom stereocenters. The van der Waals surface area contributed by atoms with Crippen molar-refractivity contribution in [1.82, 2.24) is 4.31 Å². The number of sulfone groups is 1. The van der Waals surface area contributed by atoms with Crippen molar-refractivity contribution in [2.75, 3.05) is 18.6 Å². The lowest BCUT2D eigenvalue weighted by molar-refractivity contribution is 0.304. The van der Waals surface area contributed by atoms with Gasteiger partial charge in [-0.3, -0.25) is 0 Å². The van der Waals surface area contributed by atoms with Crippen LogP contribution in [0.2, 0.25) is 0 Å². The van der Waals surface area contributed by atoms with Crippen LogP contribution in [0.3, 0.4) is 0 Å². The fourth-order valence-electron chi connectivity index (χ4n) is 2.89. The second-order valence-corrected chi connectivity index (χ2v) is 10.9. The highest BCUT2D eigenvalue weighted by atomic mass is 79.9. The summed E-state index contributed by atoms with van der Waals surface area (Å²) in [6, 6.07) is 8.70. The van der Waals surface area contributed by atoms with Crippen LogP contribution in [0.1, 0.15) is 12.2 Å². The van der Waals surface area contributed by atoms with Gasteiger partial charge < -0.3 is 9.15 Å². The van der Waals surface area contributed by atoms with Crippen molar-refractivity contribution in [3.05, 3.63) is 46.8 Å². The van der Waals surface area contributed by atoms with Crippen LogP contribution in [-0.4, -0.2) is 45.8 Å². The average molecular weight is 464 g/mol. The predicted octanol–water partition coefficient (Wildman–Crippen LogP) is 2.43. The minimum absolute atomic E-state index is 0.0197. The molecule has 0 radical (unpaired) electrons. The number of halogens is 1. The maximum absolute atomic E-state index is 13.2. The molecule has 2 aromatic rings. The molecule has 0 aliphatic carbocycles. The van der Waals surface area contributed by atoms with Crippen molar-refractivity contribution < 1.29 is 26.0 Å². The van der Waals surface area contributed by atoms with Gasteiger partial charge >= 0.3 is 0 Å². The molecule has 1 aromatic heterocycles. The summed E-state index contributed by atoms with van der Waals surface area (Å²) in [7, 11) is -5.66. The van der Waals surface area contributed by atoms with Gasteiger partial charge in [-0.15, -0.1) is 0 Å². The van der Waals surface area contributed by atoms with Crippen LogP contribution in [0, 0.1) is 0 Å². The molecule has 0 amide bonds. The summed E-state index contributed by atoms with van der Waals surface area (Å²) >= 11 is 3.19. The maximum Gasteiger partial charge on any atom is 0.243 e. The van der Waals surface area contributed by atoms with Crippen LogP contribution < -0.4 is 4.74 Å². The van der Waals surface area contributed by atoms with Gasteiger partial charge in [-0.1, -0.05) is 0 Å². The van der Waals surface area contributed by atoms with E-state index in [4.69, 9.17) is 9.15 Å². The summed E-state index contributed by atoms with van der Waals surface area (Å²) in [4.78, 5) is 0.0771. The Morgan fingerprint density at radius 3 is 2.42 bits per heavy atom. The number of methoxy groups -OCH3 is 1. The van der Waals surface area contributed by atoms with Gasteiger partial charge in [-0.25, -0.2) is 16.8 Å². The van der Waals surface area contributed by atoms with E-state index >= 15 is 0 Å². The van der Waals surface area contributed by atoms with Crippen LogP contribution in [0.5, 0.6) is 5.75 Å². The molecule has 1 aliphatic rings. The zero-order chi connectivity index (χ0) is 18.9. The lowest BCUT2D eigenvalue weighted by atomic mass is 10.2. The smallest absolute Gasteiger partial charge is 0.243 e. The van der Waals surface area contributed by atoms with E-state index in [2.05, 4.69) is 15.9 Å². The zero-order valence-electron chi connectivity index (χ0n) is 14.0. The normalized spacial score (nSPS) is 19.7. The van der Waals surface area contributed by atoms with E-state index in [1.165, 1.54) is 23.5 Å². The number of ether oxygens (including phenoxy) is 1. The Kier molecular flexibility index (Phi) is 5.48. The van der Waals surface area contributed by atoms with Crippen LogP contribution in [0.4, 0.5) is 0 Å². The van der Waals surface area contributed by atoms with Crippen molar-refractivity contribution >= 4 is 35.8 Å². The highest BCUT2D eigenvalue weighted by Crippen LogP contribution is 2.29. The Morgan fingerprint density at radius 2 is 1.92 bits per heavy atom. The second kappa shape index (κ2) is 7.34. The molecule has 142 valence electrons. The van der Waals surface area contributed by atoms with Crippen molar-refractivity contribution in [1.29, 1.82) is 0 Å². The first-order chi connectivity index (χ1) is 12.2. The molecule has 1 saturated heterocycles. The van der Waals surface area contributed by atoms with E-state index in [-0.39, 0.29) is 29.4 Å². The van der Waals surface area contributed by atoms with Gasteiger partial charge in [-0.05, 0) is 58.7 Å². The fraction of sp³-hybridized carbons (Fsp3) is 0.375. The summed E-state index contributed by atoms with van der Waals surface area (Å²) in [6.45, 7) is -0.0415. The third-order valence-corrected chi connectivity index (χ3v) is 8.31. The largest absolute Gasteiger partial charge is 0.497 e. The first kappa shape index (κ1) is 19.4. The molecule has 7 nitrogen and oxygen atoms in total. The third kappa shape index (κ3) is 4.13. The summed E-state index contributed by atoms with van der Waals surface area (Å²) in [5.41, 5.74) is 0. The molecule has 2 heterocycles. The molecule has 0 bridgehead atoms. The average Bonchev–Trinajstić information content (AvgIpc) is 3.17. The summed E-state index contributed by atoms with van der Waals surface area (Å²) in [6.07, 6.45) is 0.263. The third-order valence-electron chi connectivity index (χ3n) is 4.22. The lowest BCUT2D eigenvalue weighted by Gasteiger charge is -2.26. The predicted molar refractivity (Wildman–Crippen MR) is 99.2 cm³/mol. The Labute approximate surface area is 161 Å². The number of furan rings is 1. The van der Waals surface area contributed by atoms with E-state index in [1.807, 2.05) is 0 Å². The molecule has 0 N–H and O–H groups in total. The van der Waals surface area contributed by atoms with Crippen LogP contribution >= 0.6 is 15.9 Å². The van der Waals surface area contributed by atoms with Gasteiger partial charge in [0.15, 0.2) is 14.5 Å². The number of benzene rings is 1. The van der Waals surface area contributed by atoms with E-state index in [1.54, 1.807) is 24.3 Å². The van der Waals surface area contributed by atoms with Gasteiger partial charge in [0.2, 0.25) is 10.0 Å². The molecule has 1 fully saturated rings. The Bertz CT molecular complexity index is 982. The van der Waals surface area contributed by atoms with Crippen molar-refractivity contribution in [3.8, 4) is 5.75 Å². The standard InChI is InChI=1S/C16H18BrNO6S2/c1-23-13-2-5-15(6-3-13)26(21,22)18(10-14-4-7-16(17)24-14)12-8-9-25(19,20)11-12/h2-7,12H,8-11H2,1H3. The highest BCUT2D eigenvalue weighted by Gasteiger charge is 2.39. The van der Waals surface area contributed by atoms with Gasteiger partial charge in [0, 0.05) is 6.04 Å². The molecule has 0 saturated carbocycles. The Morgan fingerprint density at radius 1 is 1.23 bits per heavy atom. The molecule has 10 heteroatoms. The molecule has 3 rings (SSSR count). The van der Waals surface area contributed by atoms with Crippen LogP contribution in [-0.2, 0) is 26.4 Å². The van der Waals surface area contributed by atoms with Crippen LogP contribution in [0.25, 0.3) is 0 Å². The second-order valence-electron chi connectivity index (χ2n) is 5.99. The summed E-state index contributed by atoms with van der Waals surface area (Å²) in [5, 5.41) is 0. The molecular weight excluding hydrogens is 446 g/mol. The van der Waals surface area contributed by atoms with Crippen molar-refractivity contribution in [3.63, 3.8) is 0 Å². The minimum Gasteiger partial charge on any atom is -0.497 e. The van der Waals surface area contributed by atoms with Gasteiger partial charge in [0.05, 0.1) is 30.1 Å². The summed E-state index contributed by atoms with van der Waals surface area (Å²) < 4.78 is 62.3. The van der Waals surface area contributed by atoms with Gasteiger partial charge in [0.1, 0.15) is 11.5 Å². The van der Waals surface area contributed by atoms with Gasteiger partial charge in [0.25, 0.3) is 0 Å². The Balaban J connectivity index is 1.97. The fourth-order valence-corrected chi connectivity index (χ4v) is 6.67. The number of nitrogens with zero attached hydrogens (tertiary/aromatic N) is 1. The van der Waals surface area contributed by atoms with E-state index in [9.17, 15) is 16.8 Å². The molecular formula is C16H18BrNO6S2. The highest BCUT2D eigenvalue weighted by molar-refractivity contribution is 9.10. The SMILES string of the molecule is COc1ccc(S(=O)(=O)N(Cc2ccc(Br)o2)C2CCS(=O)(=O)C2)cc1. The van der Waals surface area contributed by atoms with E-state index in [0.29, 0.717) is 16.2 Å². The number of rotatable bonds is 6. The van der Waals surface area contributed by atoms with E-state index < -0.39 is 25.9 Å². The number of sulfonamides is 1. The van der Waals surface area contributed by atoms with E-state index in [0.717, 1.165) is 0 Å². The van der Waals surface area contributed by atoms with Gasteiger partial charge in [-0.2, -0.15) is 4.31 Å². The van der Waals surface area contributed by atoms with Crippen LogP contribution in [0.15, 0.2) is 50.4 Å². The number of hydrogen-bond acceptors (Lipinski definition) is 6. The molecule has 1 aromatic carbocycles. The first-order valence-corrected chi connectivity index (χ1v) is 11.9. The quantitative estimate of drug-likeness (QED) is 0.652. The van der Waals surface area contributed by atoms with Crippen molar-refractivity contribution in [2.45, 2.75) is 23.9 Å². The summed E-state index contributed by atoms with van der Waals surface area (Å²) in [5.74, 6) is 0.755. The monoisotopic (exact) mass is 463 g/mol. The molecule has 1 atom stereocenters. The molecule has 26 heavy (non-hydrogen) atoms. The molecule has 0 spiro atoms. The maximum atomic E-state index is 13.2. The molecule has 1 aliphatic heterocycles. The number of hydrogen-bond donors (Lipinski definition) is 0. The van der Waals surface area contributed by atoms with Crippen molar-refractivity contribution in [2.24, 2.45) is 0 Å². The minimum atomic E-state index is -3.91.